The van der Waals surface area contributed by atoms with Crippen molar-refractivity contribution < 1.29 is 4.79 Å². The van der Waals surface area contributed by atoms with Crippen molar-refractivity contribution in [3.63, 3.8) is 0 Å². The lowest BCUT2D eigenvalue weighted by molar-refractivity contribution is 0.0698. The van der Waals surface area contributed by atoms with Gasteiger partial charge < -0.3 is 4.90 Å². The summed E-state index contributed by atoms with van der Waals surface area (Å²) >= 11 is 0. The van der Waals surface area contributed by atoms with Crippen LogP contribution in [0.3, 0.4) is 0 Å². The summed E-state index contributed by atoms with van der Waals surface area (Å²) in [5.74, 6) is 0.880. The average Bonchev–Trinajstić information content (AvgIpc) is 3.23. The van der Waals surface area contributed by atoms with Crippen LogP contribution in [0.15, 0.2) is 61.2 Å². The number of likely N-dealkylation sites (tertiary alicyclic amines) is 1. The van der Waals surface area contributed by atoms with Crippen LogP contribution >= 0.6 is 0 Å². The van der Waals surface area contributed by atoms with Crippen LogP contribution in [0.25, 0.3) is 16.8 Å². The van der Waals surface area contributed by atoms with Crippen molar-refractivity contribution >= 4 is 11.6 Å². The van der Waals surface area contributed by atoms with Gasteiger partial charge in [-0.2, -0.15) is 5.10 Å². The van der Waals surface area contributed by atoms with Crippen molar-refractivity contribution in [3.05, 3.63) is 78.3 Å². The van der Waals surface area contributed by atoms with Crippen molar-refractivity contribution in [3.8, 4) is 11.1 Å². The molecule has 1 atom stereocenters. The van der Waals surface area contributed by atoms with Gasteiger partial charge in [0.05, 0.1) is 0 Å². The molecular weight excluding hydrogens is 376 g/mol. The lowest BCUT2D eigenvalue weighted by atomic mass is 9.97. The molecule has 0 N–H and O–H groups in total. The van der Waals surface area contributed by atoms with Gasteiger partial charge in [-0.25, -0.2) is 9.50 Å². The van der Waals surface area contributed by atoms with E-state index in [2.05, 4.69) is 9.97 Å². The standard InChI is InChI=1S/C23H22N6O/c1-16-6-8-20(25-12-16)23(30)28-11-3-5-19(14-28)22-26-21-9-7-18(15-29(21)27-22)17-4-2-10-24-13-17/h2,4,6-10,12-13,15,19H,3,5,11,14H2,1H3/t19-/m0/s1. The van der Waals surface area contributed by atoms with Crippen LogP contribution in [0.4, 0.5) is 0 Å². The van der Waals surface area contributed by atoms with Crippen LogP contribution in [0.2, 0.25) is 0 Å². The first-order valence-corrected chi connectivity index (χ1v) is 10.2. The van der Waals surface area contributed by atoms with Gasteiger partial charge >= 0.3 is 0 Å². The van der Waals surface area contributed by atoms with Crippen LogP contribution in [0, 0.1) is 6.92 Å². The van der Waals surface area contributed by atoms with Gasteiger partial charge in [0.15, 0.2) is 11.5 Å². The van der Waals surface area contributed by atoms with E-state index in [-0.39, 0.29) is 11.8 Å². The van der Waals surface area contributed by atoms with Gasteiger partial charge in [0.1, 0.15) is 5.69 Å². The fourth-order valence-corrected chi connectivity index (χ4v) is 3.91. The maximum Gasteiger partial charge on any atom is 0.272 e. The molecule has 4 aromatic rings. The van der Waals surface area contributed by atoms with Gasteiger partial charge in [-0.3, -0.25) is 14.8 Å². The van der Waals surface area contributed by atoms with Crippen molar-refractivity contribution in [2.45, 2.75) is 25.7 Å². The smallest absolute Gasteiger partial charge is 0.272 e. The Morgan fingerprint density at radius 1 is 1.10 bits per heavy atom. The summed E-state index contributed by atoms with van der Waals surface area (Å²) in [5, 5.41) is 4.73. The topological polar surface area (TPSA) is 76.3 Å². The summed E-state index contributed by atoms with van der Waals surface area (Å²) in [7, 11) is 0. The Labute approximate surface area is 174 Å². The molecular formula is C23H22N6O. The first-order valence-electron chi connectivity index (χ1n) is 10.2. The van der Waals surface area contributed by atoms with Gasteiger partial charge in [0.25, 0.3) is 5.91 Å². The van der Waals surface area contributed by atoms with E-state index in [9.17, 15) is 4.79 Å². The minimum absolute atomic E-state index is 0.0256. The fourth-order valence-electron chi connectivity index (χ4n) is 3.91. The van der Waals surface area contributed by atoms with Crippen LogP contribution in [0.5, 0.6) is 0 Å². The highest BCUT2D eigenvalue weighted by Gasteiger charge is 2.28. The molecule has 1 aliphatic heterocycles. The van der Waals surface area contributed by atoms with Crippen LogP contribution in [-0.4, -0.2) is 48.5 Å². The van der Waals surface area contributed by atoms with Gasteiger partial charge in [-0.1, -0.05) is 12.1 Å². The van der Waals surface area contributed by atoms with E-state index in [1.165, 1.54) is 0 Å². The third-order valence-electron chi connectivity index (χ3n) is 5.55. The van der Waals surface area contributed by atoms with E-state index in [0.717, 1.165) is 47.5 Å². The maximum atomic E-state index is 12.9. The summed E-state index contributed by atoms with van der Waals surface area (Å²) in [6, 6.07) is 11.7. The van der Waals surface area contributed by atoms with E-state index in [0.29, 0.717) is 12.2 Å². The number of fused-ring (bicyclic) bond motifs is 1. The molecule has 7 nitrogen and oxygen atoms in total. The predicted octanol–water partition coefficient (Wildman–Crippen LogP) is 3.51. The van der Waals surface area contributed by atoms with Crippen molar-refractivity contribution in [2.75, 3.05) is 13.1 Å². The minimum atomic E-state index is -0.0256. The number of carbonyl (C=O) groups excluding carboxylic acids is 1. The monoisotopic (exact) mass is 398 g/mol. The second-order valence-electron chi connectivity index (χ2n) is 7.74. The first kappa shape index (κ1) is 18.4. The summed E-state index contributed by atoms with van der Waals surface area (Å²) in [6.45, 7) is 3.32. The highest BCUT2D eigenvalue weighted by atomic mass is 16.2. The summed E-state index contributed by atoms with van der Waals surface area (Å²) in [6.07, 6.45) is 9.21. The van der Waals surface area contributed by atoms with Crippen LogP contribution in [-0.2, 0) is 0 Å². The number of nitrogens with zero attached hydrogens (tertiary/aromatic N) is 6. The molecule has 4 aromatic heterocycles. The second kappa shape index (κ2) is 7.67. The van der Waals surface area contributed by atoms with Gasteiger partial charge in [0, 0.05) is 54.9 Å². The largest absolute Gasteiger partial charge is 0.337 e. The second-order valence-corrected chi connectivity index (χ2v) is 7.74. The van der Waals surface area contributed by atoms with Crippen molar-refractivity contribution in [1.82, 2.24) is 29.5 Å². The molecule has 0 saturated carbocycles. The first-order chi connectivity index (χ1) is 14.7. The molecule has 7 heteroatoms. The molecule has 0 spiro atoms. The highest BCUT2D eigenvalue weighted by molar-refractivity contribution is 5.92. The molecule has 1 aliphatic rings. The van der Waals surface area contributed by atoms with E-state index in [4.69, 9.17) is 10.1 Å². The number of hydrogen-bond donors (Lipinski definition) is 0. The molecule has 1 fully saturated rings. The quantitative estimate of drug-likeness (QED) is 0.528. The van der Waals surface area contributed by atoms with Gasteiger partial charge in [-0.15, -0.1) is 0 Å². The minimum Gasteiger partial charge on any atom is -0.337 e. The molecule has 1 saturated heterocycles. The lowest BCUT2D eigenvalue weighted by Gasteiger charge is -2.31. The van der Waals surface area contributed by atoms with Gasteiger partial charge in [-0.05, 0) is 49.6 Å². The van der Waals surface area contributed by atoms with Crippen LogP contribution in [0.1, 0.15) is 40.6 Å². The predicted molar refractivity (Wildman–Crippen MR) is 113 cm³/mol. The molecule has 0 aliphatic carbocycles. The van der Waals surface area contributed by atoms with Crippen molar-refractivity contribution in [1.29, 1.82) is 0 Å². The molecule has 0 radical (unpaired) electrons. The third kappa shape index (κ3) is 3.54. The Balaban J connectivity index is 1.38. The Morgan fingerprint density at radius 3 is 2.83 bits per heavy atom. The molecule has 0 unspecified atom stereocenters. The SMILES string of the molecule is Cc1ccc(C(=O)N2CCC[C@H](c3nc4ccc(-c5cccnc5)cn4n3)C2)nc1. The Kier molecular flexibility index (Phi) is 4.71. The summed E-state index contributed by atoms with van der Waals surface area (Å²) in [4.78, 5) is 28.0. The van der Waals surface area contributed by atoms with Crippen molar-refractivity contribution in [2.24, 2.45) is 0 Å². The molecule has 30 heavy (non-hydrogen) atoms. The third-order valence-corrected chi connectivity index (χ3v) is 5.55. The zero-order valence-electron chi connectivity index (χ0n) is 16.8. The Hall–Kier alpha value is -3.61. The summed E-state index contributed by atoms with van der Waals surface area (Å²) in [5.41, 5.74) is 4.42. The molecule has 0 aromatic carbocycles. The molecule has 5 rings (SSSR count). The number of aromatic nitrogens is 5. The zero-order valence-corrected chi connectivity index (χ0v) is 16.8. The fraction of sp³-hybridized carbons (Fsp3) is 0.261. The molecule has 0 bridgehead atoms. The van der Waals surface area contributed by atoms with E-state index in [1.54, 1.807) is 18.5 Å². The highest BCUT2D eigenvalue weighted by Crippen LogP contribution is 2.27. The maximum absolute atomic E-state index is 12.9. The van der Waals surface area contributed by atoms with E-state index >= 15 is 0 Å². The Morgan fingerprint density at radius 2 is 2.03 bits per heavy atom. The molecule has 5 heterocycles. The zero-order chi connectivity index (χ0) is 20.5. The number of rotatable bonds is 3. The van der Waals surface area contributed by atoms with E-state index in [1.807, 2.05) is 59.1 Å². The average molecular weight is 398 g/mol. The normalized spacial score (nSPS) is 16.7. The number of hydrogen-bond acceptors (Lipinski definition) is 5. The number of pyridine rings is 3. The van der Waals surface area contributed by atoms with E-state index < -0.39 is 0 Å². The summed E-state index contributed by atoms with van der Waals surface area (Å²) < 4.78 is 1.82. The number of carbonyl (C=O) groups is 1. The lowest BCUT2D eigenvalue weighted by Crippen LogP contribution is -2.39. The van der Waals surface area contributed by atoms with Gasteiger partial charge in [0.2, 0.25) is 0 Å². The van der Waals surface area contributed by atoms with Crippen LogP contribution < -0.4 is 0 Å². The molecule has 1 amide bonds. The number of piperidine rings is 1. The number of aryl methyl sites for hydroxylation is 1. The molecule has 150 valence electrons. The number of amides is 1. The Bertz CT molecular complexity index is 1190.